The second-order valence-corrected chi connectivity index (χ2v) is 4.44. The Kier molecular flexibility index (Phi) is 2.16. The number of nitrogen functional groups attached to an aromatic ring is 1. The van der Waals surface area contributed by atoms with Crippen molar-refractivity contribution < 1.29 is 4.79 Å². The minimum atomic E-state index is -0.489. The lowest BCUT2D eigenvalue weighted by Gasteiger charge is -2.00. The van der Waals surface area contributed by atoms with Gasteiger partial charge in [0.05, 0.1) is 10.3 Å². The van der Waals surface area contributed by atoms with Crippen molar-refractivity contribution in [2.75, 3.05) is 5.73 Å². The zero-order valence-corrected chi connectivity index (χ0v) is 9.35. The topological polar surface area (TPSA) is 82.0 Å². The predicted molar refractivity (Wildman–Crippen MR) is 60.3 cm³/mol. The molecule has 2 aromatic heterocycles. The number of nitrogens with two attached hydrogens (primary N) is 2. The number of anilines is 1. The Labute approximate surface area is 92.0 Å². The van der Waals surface area contributed by atoms with Gasteiger partial charge in [0.2, 0.25) is 0 Å². The van der Waals surface area contributed by atoms with Crippen LogP contribution in [-0.2, 0) is 0 Å². The standard InChI is InChI=1S/C8H6BrN3OS/c9-4-2-14-6-3(8(11)13)1-12-7(10)5(4)6/h1-2H,(H2,10,12)(H2,11,13). The van der Waals surface area contributed by atoms with Crippen molar-refractivity contribution >= 4 is 49.1 Å². The molecule has 2 heterocycles. The summed E-state index contributed by atoms with van der Waals surface area (Å²) in [5.41, 5.74) is 11.3. The van der Waals surface area contributed by atoms with Crippen molar-refractivity contribution in [3.05, 3.63) is 21.6 Å². The zero-order valence-electron chi connectivity index (χ0n) is 6.95. The van der Waals surface area contributed by atoms with Gasteiger partial charge in [-0.05, 0) is 15.9 Å². The third-order valence-electron chi connectivity index (χ3n) is 1.85. The molecule has 0 aliphatic rings. The van der Waals surface area contributed by atoms with Gasteiger partial charge in [-0.25, -0.2) is 4.98 Å². The van der Waals surface area contributed by atoms with Crippen LogP contribution in [0, 0.1) is 0 Å². The first-order valence-electron chi connectivity index (χ1n) is 3.72. The fraction of sp³-hybridized carbons (Fsp3) is 0. The van der Waals surface area contributed by atoms with Crippen molar-refractivity contribution in [1.29, 1.82) is 0 Å². The zero-order chi connectivity index (χ0) is 10.3. The van der Waals surface area contributed by atoms with E-state index in [9.17, 15) is 4.79 Å². The molecule has 2 rings (SSSR count). The first-order valence-corrected chi connectivity index (χ1v) is 5.39. The van der Waals surface area contributed by atoms with E-state index in [2.05, 4.69) is 20.9 Å². The van der Waals surface area contributed by atoms with E-state index in [-0.39, 0.29) is 0 Å². The monoisotopic (exact) mass is 271 g/mol. The van der Waals surface area contributed by atoms with Gasteiger partial charge in [0.15, 0.2) is 0 Å². The molecular formula is C8H6BrN3OS. The second-order valence-electron chi connectivity index (χ2n) is 2.71. The minimum Gasteiger partial charge on any atom is -0.383 e. The molecule has 0 radical (unpaired) electrons. The lowest BCUT2D eigenvalue weighted by atomic mass is 10.2. The Bertz CT molecular complexity index is 523. The third kappa shape index (κ3) is 1.27. The van der Waals surface area contributed by atoms with Crippen molar-refractivity contribution in [2.45, 2.75) is 0 Å². The number of fused-ring (bicyclic) bond motifs is 1. The van der Waals surface area contributed by atoms with Crippen LogP contribution in [0.15, 0.2) is 16.0 Å². The van der Waals surface area contributed by atoms with Crippen LogP contribution < -0.4 is 11.5 Å². The maximum absolute atomic E-state index is 11.1. The van der Waals surface area contributed by atoms with Crippen LogP contribution >= 0.6 is 27.3 Å². The van der Waals surface area contributed by atoms with Crippen LogP contribution in [0.1, 0.15) is 10.4 Å². The van der Waals surface area contributed by atoms with E-state index in [1.165, 1.54) is 17.5 Å². The van der Waals surface area contributed by atoms with Gasteiger partial charge >= 0.3 is 0 Å². The molecule has 0 saturated carbocycles. The molecule has 6 heteroatoms. The van der Waals surface area contributed by atoms with E-state index in [1.54, 1.807) is 0 Å². The minimum absolute atomic E-state index is 0.401. The van der Waals surface area contributed by atoms with Crippen LogP contribution in [0.3, 0.4) is 0 Å². The number of rotatable bonds is 1. The van der Waals surface area contributed by atoms with Crippen molar-refractivity contribution in [3.63, 3.8) is 0 Å². The number of amides is 1. The van der Waals surface area contributed by atoms with Gasteiger partial charge < -0.3 is 11.5 Å². The molecule has 0 aliphatic heterocycles. The molecule has 0 spiro atoms. The molecule has 14 heavy (non-hydrogen) atoms. The Balaban J connectivity index is 2.90. The first kappa shape index (κ1) is 9.42. The summed E-state index contributed by atoms with van der Waals surface area (Å²) in [5.74, 6) is -0.0880. The lowest BCUT2D eigenvalue weighted by Crippen LogP contribution is -2.11. The summed E-state index contributed by atoms with van der Waals surface area (Å²) in [6.07, 6.45) is 1.41. The number of halogens is 1. The fourth-order valence-corrected chi connectivity index (χ4v) is 2.97. The van der Waals surface area contributed by atoms with E-state index in [0.29, 0.717) is 11.4 Å². The number of primary amides is 1. The van der Waals surface area contributed by atoms with Crippen LogP contribution in [-0.4, -0.2) is 10.9 Å². The van der Waals surface area contributed by atoms with Crippen LogP contribution in [0.2, 0.25) is 0 Å². The highest BCUT2D eigenvalue weighted by Gasteiger charge is 2.13. The number of thiophene rings is 1. The molecule has 0 unspecified atom stereocenters. The molecule has 4 nitrogen and oxygen atoms in total. The average Bonchev–Trinajstić information content (AvgIpc) is 2.49. The number of pyridine rings is 1. The SMILES string of the molecule is NC(=O)c1cnc(N)c2c(Br)csc12. The molecule has 2 aromatic rings. The highest BCUT2D eigenvalue weighted by atomic mass is 79.9. The van der Waals surface area contributed by atoms with Gasteiger partial charge in [-0.2, -0.15) is 0 Å². The summed E-state index contributed by atoms with van der Waals surface area (Å²) in [6, 6.07) is 0. The third-order valence-corrected chi connectivity index (χ3v) is 3.79. The van der Waals surface area contributed by atoms with E-state index >= 15 is 0 Å². The maximum atomic E-state index is 11.1. The molecule has 72 valence electrons. The summed E-state index contributed by atoms with van der Waals surface area (Å²) in [4.78, 5) is 15.0. The van der Waals surface area contributed by atoms with Crippen molar-refractivity contribution in [1.82, 2.24) is 4.98 Å². The Morgan fingerprint density at radius 1 is 1.57 bits per heavy atom. The van der Waals surface area contributed by atoms with Gasteiger partial charge in [0.1, 0.15) is 5.82 Å². The van der Waals surface area contributed by atoms with E-state index in [1.807, 2.05) is 5.38 Å². The van der Waals surface area contributed by atoms with Crippen molar-refractivity contribution in [3.8, 4) is 0 Å². The van der Waals surface area contributed by atoms with Gasteiger partial charge in [-0.1, -0.05) is 0 Å². The van der Waals surface area contributed by atoms with Gasteiger partial charge in [0.25, 0.3) is 5.91 Å². The van der Waals surface area contributed by atoms with E-state index in [0.717, 1.165) is 14.6 Å². The fourth-order valence-electron chi connectivity index (χ4n) is 1.21. The average molecular weight is 272 g/mol. The molecule has 1 amide bonds. The number of carbonyl (C=O) groups excluding carboxylic acids is 1. The largest absolute Gasteiger partial charge is 0.383 e. The molecule has 0 aromatic carbocycles. The smallest absolute Gasteiger partial charge is 0.251 e. The first-order chi connectivity index (χ1) is 6.61. The van der Waals surface area contributed by atoms with Crippen LogP contribution in [0.5, 0.6) is 0 Å². The number of carbonyl (C=O) groups is 1. The summed E-state index contributed by atoms with van der Waals surface area (Å²) in [7, 11) is 0. The van der Waals surface area contributed by atoms with Gasteiger partial charge in [0, 0.05) is 21.4 Å². The molecule has 0 fully saturated rings. The highest BCUT2D eigenvalue weighted by molar-refractivity contribution is 9.10. The van der Waals surface area contributed by atoms with Crippen molar-refractivity contribution in [2.24, 2.45) is 5.73 Å². The van der Waals surface area contributed by atoms with Gasteiger partial charge in [-0.15, -0.1) is 11.3 Å². The Morgan fingerprint density at radius 2 is 2.29 bits per heavy atom. The summed E-state index contributed by atoms with van der Waals surface area (Å²) >= 11 is 4.75. The Morgan fingerprint density at radius 3 is 2.93 bits per heavy atom. The van der Waals surface area contributed by atoms with Crippen LogP contribution in [0.25, 0.3) is 10.1 Å². The normalized spacial score (nSPS) is 10.6. The molecule has 0 aliphatic carbocycles. The van der Waals surface area contributed by atoms with Crippen LogP contribution in [0.4, 0.5) is 5.82 Å². The number of nitrogens with zero attached hydrogens (tertiary/aromatic N) is 1. The Hall–Kier alpha value is -1.14. The summed E-state index contributed by atoms with van der Waals surface area (Å²) in [5, 5.41) is 2.61. The van der Waals surface area contributed by atoms with Gasteiger partial charge in [-0.3, -0.25) is 4.79 Å². The highest BCUT2D eigenvalue weighted by Crippen LogP contribution is 2.35. The summed E-state index contributed by atoms with van der Waals surface area (Å²) < 4.78 is 1.61. The van der Waals surface area contributed by atoms with E-state index in [4.69, 9.17) is 11.5 Å². The quantitative estimate of drug-likeness (QED) is 0.829. The number of aromatic nitrogens is 1. The summed E-state index contributed by atoms with van der Waals surface area (Å²) in [6.45, 7) is 0. The number of hydrogen-bond acceptors (Lipinski definition) is 4. The maximum Gasteiger partial charge on any atom is 0.251 e. The lowest BCUT2D eigenvalue weighted by molar-refractivity contribution is 0.100. The molecular weight excluding hydrogens is 266 g/mol. The molecule has 0 bridgehead atoms. The second kappa shape index (κ2) is 3.21. The molecule has 0 saturated heterocycles. The molecule has 0 atom stereocenters. The molecule has 4 N–H and O–H groups in total. The number of hydrogen-bond donors (Lipinski definition) is 2. The predicted octanol–water partition coefficient (Wildman–Crippen LogP) is 1.74. The van der Waals surface area contributed by atoms with E-state index < -0.39 is 5.91 Å².